The molecule has 46 heavy (non-hydrogen) atoms. The van der Waals surface area contributed by atoms with Crippen molar-refractivity contribution < 1.29 is 29.0 Å². The van der Waals surface area contributed by atoms with Crippen LogP contribution in [0, 0.1) is 23.7 Å². The van der Waals surface area contributed by atoms with E-state index in [1.165, 1.54) is 19.3 Å². The molecule has 260 valence electrons. The normalized spacial score (nSPS) is 22.3. The van der Waals surface area contributed by atoms with Gasteiger partial charge in [0.15, 0.2) is 0 Å². The van der Waals surface area contributed by atoms with Crippen LogP contribution in [0.15, 0.2) is 24.3 Å². The van der Waals surface area contributed by atoms with Gasteiger partial charge in [-0.05, 0) is 95.9 Å². The molecule has 0 radical (unpaired) electrons. The van der Waals surface area contributed by atoms with Crippen LogP contribution in [0.25, 0.3) is 0 Å². The summed E-state index contributed by atoms with van der Waals surface area (Å²) in [6.07, 6.45) is 7.80. The fraction of sp³-hybridized carbons (Fsp3) is 0.757. The van der Waals surface area contributed by atoms with Crippen LogP contribution in [0.2, 0.25) is 0 Å². The van der Waals surface area contributed by atoms with Crippen LogP contribution in [0.3, 0.4) is 0 Å². The lowest BCUT2D eigenvalue weighted by Gasteiger charge is -2.37. The molecule has 9 heteroatoms. The quantitative estimate of drug-likeness (QED) is 0.213. The number of hydrogen-bond acceptors (Lipinski definition) is 7. The van der Waals surface area contributed by atoms with Gasteiger partial charge in [-0.25, -0.2) is 4.79 Å². The van der Waals surface area contributed by atoms with E-state index in [2.05, 4.69) is 10.6 Å². The van der Waals surface area contributed by atoms with E-state index < -0.39 is 29.4 Å². The van der Waals surface area contributed by atoms with Crippen LogP contribution in [0.4, 0.5) is 4.79 Å². The number of carbonyl (C=O) groups is 3. The standard InChI is InChI=1S/C37H61N3O6/c1-10-25(4)32(38-21-20-26-16-18-28(41)19-17-26)34(43)39-33(42)29(24(2)3)23-31-30(22-27-14-12-11-13-15-27)40(37(8,9)45-31)35(44)46-36(5,6)7/h16-19,24-25,27,29-32,38,41H,10-15,20-23H2,1-9H3,(H,39,42,43)/t25-,29-,30-,31-,32-/m0/s1. The molecule has 0 spiro atoms. The summed E-state index contributed by atoms with van der Waals surface area (Å²) in [5, 5.41) is 15.7. The number of benzene rings is 1. The zero-order chi connectivity index (χ0) is 34.2. The largest absolute Gasteiger partial charge is 0.508 e. The van der Waals surface area contributed by atoms with Gasteiger partial charge in [0, 0.05) is 5.92 Å². The van der Waals surface area contributed by atoms with Crippen LogP contribution in [-0.4, -0.2) is 64.0 Å². The Bertz CT molecular complexity index is 1140. The number of hydrogen-bond donors (Lipinski definition) is 3. The molecule has 1 aromatic rings. The molecule has 2 aliphatic rings. The third-order valence-electron chi connectivity index (χ3n) is 9.75. The molecule has 1 aromatic carbocycles. The van der Waals surface area contributed by atoms with Gasteiger partial charge in [-0.2, -0.15) is 0 Å². The van der Waals surface area contributed by atoms with Gasteiger partial charge in [-0.3, -0.25) is 19.8 Å². The molecule has 0 bridgehead atoms. The van der Waals surface area contributed by atoms with E-state index in [1.807, 2.05) is 74.4 Å². The number of rotatable bonds is 13. The second-order valence-electron chi connectivity index (χ2n) is 15.4. The lowest BCUT2D eigenvalue weighted by molar-refractivity contribution is -0.137. The van der Waals surface area contributed by atoms with E-state index in [-0.39, 0.29) is 41.5 Å². The van der Waals surface area contributed by atoms with Gasteiger partial charge in [0.1, 0.15) is 17.1 Å². The molecule has 9 nitrogen and oxygen atoms in total. The molecule has 1 aliphatic carbocycles. The second kappa shape index (κ2) is 16.4. The fourth-order valence-electron chi connectivity index (χ4n) is 7.01. The Labute approximate surface area is 277 Å². The Morgan fingerprint density at radius 1 is 1.04 bits per heavy atom. The van der Waals surface area contributed by atoms with E-state index in [4.69, 9.17) is 9.47 Å². The predicted molar refractivity (Wildman–Crippen MR) is 181 cm³/mol. The maximum absolute atomic E-state index is 13.8. The van der Waals surface area contributed by atoms with Crippen molar-refractivity contribution in [1.82, 2.24) is 15.5 Å². The van der Waals surface area contributed by atoms with Crippen LogP contribution >= 0.6 is 0 Å². The highest BCUT2D eigenvalue weighted by atomic mass is 16.6. The molecule has 0 aromatic heterocycles. The summed E-state index contributed by atoms with van der Waals surface area (Å²) in [7, 11) is 0. The van der Waals surface area contributed by atoms with Crippen molar-refractivity contribution in [3.8, 4) is 5.75 Å². The molecular formula is C37H61N3O6. The highest BCUT2D eigenvalue weighted by molar-refractivity contribution is 5.99. The maximum atomic E-state index is 13.8. The van der Waals surface area contributed by atoms with Crippen molar-refractivity contribution in [2.24, 2.45) is 23.7 Å². The number of nitrogens with one attached hydrogen (secondary N) is 2. The van der Waals surface area contributed by atoms with Crippen LogP contribution in [0.1, 0.15) is 119 Å². The molecule has 1 saturated heterocycles. The first-order valence-electron chi connectivity index (χ1n) is 17.6. The minimum absolute atomic E-state index is 0.0198. The predicted octanol–water partition coefficient (Wildman–Crippen LogP) is 6.96. The van der Waals surface area contributed by atoms with E-state index in [0.717, 1.165) is 31.2 Å². The van der Waals surface area contributed by atoms with E-state index in [0.29, 0.717) is 25.3 Å². The highest BCUT2D eigenvalue weighted by Gasteiger charge is 2.52. The molecule has 1 aliphatic heterocycles. The summed E-state index contributed by atoms with van der Waals surface area (Å²) in [6.45, 7) is 18.0. The number of imide groups is 1. The number of phenols is 1. The number of ether oxygens (including phenoxy) is 2. The number of nitrogens with zero attached hydrogens (tertiary/aromatic N) is 1. The third-order valence-corrected chi connectivity index (χ3v) is 9.75. The average molecular weight is 644 g/mol. The third kappa shape index (κ3) is 10.7. The Balaban J connectivity index is 1.76. The Kier molecular flexibility index (Phi) is 13.5. The van der Waals surface area contributed by atoms with Gasteiger partial charge in [-0.1, -0.05) is 78.4 Å². The SMILES string of the molecule is CC[C@H](C)[C@H](NCCc1ccc(O)cc1)C(=O)NC(=O)[C@@H](C[C@@H]1OC(C)(C)N(C(=O)OC(C)(C)C)[C@H]1CC1CCCCC1)C(C)C. The number of amides is 3. The molecular weight excluding hydrogens is 582 g/mol. The van der Waals surface area contributed by atoms with Crippen molar-refractivity contribution in [3.05, 3.63) is 29.8 Å². The van der Waals surface area contributed by atoms with Crippen LogP contribution in [0.5, 0.6) is 5.75 Å². The van der Waals surface area contributed by atoms with Gasteiger partial charge in [0.25, 0.3) is 0 Å². The van der Waals surface area contributed by atoms with Crippen LogP contribution < -0.4 is 10.6 Å². The zero-order valence-electron chi connectivity index (χ0n) is 29.9. The number of phenolic OH excluding ortho intramolecular Hbond substituents is 1. The summed E-state index contributed by atoms with van der Waals surface area (Å²) in [5.74, 6) is -0.426. The first-order valence-corrected chi connectivity index (χ1v) is 17.6. The average Bonchev–Trinajstić information content (AvgIpc) is 3.22. The second-order valence-corrected chi connectivity index (χ2v) is 15.4. The van der Waals surface area contributed by atoms with Crippen molar-refractivity contribution in [1.29, 1.82) is 0 Å². The number of carbonyl (C=O) groups excluding carboxylic acids is 3. The first kappa shape index (κ1) is 37.8. The van der Waals surface area contributed by atoms with Gasteiger partial charge >= 0.3 is 6.09 Å². The zero-order valence-corrected chi connectivity index (χ0v) is 29.9. The summed E-state index contributed by atoms with van der Waals surface area (Å²) >= 11 is 0. The van der Waals surface area contributed by atoms with Crippen molar-refractivity contribution in [3.63, 3.8) is 0 Å². The summed E-state index contributed by atoms with van der Waals surface area (Å²) in [6, 6.07) is 6.28. The summed E-state index contributed by atoms with van der Waals surface area (Å²) < 4.78 is 12.5. The topological polar surface area (TPSA) is 117 Å². The van der Waals surface area contributed by atoms with E-state index >= 15 is 0 Å². The van der Waals surface area contributed by atoms with Crippen LogP contribution in [-0.2, 0) is 25.5 Å². The monoisotopic (exact) mass is 643 g/mol. The van der Waals surface area contributed by atoms with Gasteiger partial charge < -0.3 is 19.9 Å². The van der Waals surface area contributed by atoms with Gasteiger partial charge in [-0.15, -0.1) is 0 Å². The molecule has 3 rings (SSSR count). The lowest BCUT2D eigenvalue weighted by Crippen LogP contribution is -2.52. The Morgan fingerprint density at radius 2 is 1.67 bits per heavy atom. The Morgan fingerprint density at radius 3 is 2.24 bits per heavy atom. The van der Waals surface area contributed by atoms with Crippen molar-refractivity contribution in [2.75, 3.05) is 6.54 Å². The van der Waals surface area contributed by atoms with Gasteiger partial charge in [0.2, 0.25) is 11.8 Å². The lowest BCUT2D eigenvalue weighted by atomic mass is 9.81. The van der Waals surface area contributed by atoms with Crippen molar-refractivity contribution >= 4 is 17.9 Å². The molecule has 5 atom stereocenters. The number of aromatic hydroxyl groups is 1. The first-order chi connectivity index (χ1) is 21.5. The van der Waals surface area contributed by atoms with E-state index in [1.54, 1.807) is 17.0 Å². The minimum atomic E-state index is -0.900. The molecule has 1 saturated carbocycles. The molecule has 3 N–H and O–H groups in total. The molecule has 0 unspecified atom stereocenters. The molecule has 2 fully saturated rings. The van der Waals surface area contributed by atoms with E-state index in [9.17, 15) is 19.5 Å². The fourth-order valence-corrected chi connectivity index (χ4v) is 7.01. The summed E-state index contributed by atoms with van der Waals surface area (Å²) in [4.78, 5) is 42.8. The maximum Gasteiger partial charge on any atom is 0.412 e. The highest BCUT2D eigenvalue weighted by Crippen LogP contribution is 2.42. The van der Waals surface area contributed by atoms with Gasteiger partial charge in [0.05, 0.1) is 18.2 Å². The molecule has 3 amide bonds. The molecule has 1 heterocycles. The summed E-state index contributed by atoms with van der Waals surface area (Å²) in [5.41, 5.74) is -0.498. The van der Waals surface area contributed by atoms with Crippen molar-refractivity contribution in [2.45, 2.75) is 150 Å². The Hall–Kier alpha value is -2.65. The minimum Gasteiger partial charge on any atom is -0.508 e. The smallest absolute Gasteiger partial charge is 0.412 e.